The highest BCUT2D eigenvalue weighted by atomic mass is 32.2. The van der Waals surface area contributed by atoms with E-state index in [0.717, 1.165) is 12.8 Å². The topological polar surface area (TPSA) is 77.9 Å². The van der Waals surface area contributed by atoms with E-state index in [9.17, 15) is 13.2 Å². The lowest BCUT2D eigenvalue weighted by atomic mass is 10.0. The summed E-state index contributed by atoms with van der Waals surface area (Å²) >= 11 is 0. The number of hydrogen-bond acceptors (Lipinski definition) is 3. The predicted molar refractivity (Wildman–Crippen MR) is 70.8 cm³/mol. The summed E-state index contributed by atoms with van der Waals surface area (Å²) in [5.41, 5.74) is 0. The van der Waals surface area contributed by atoms with Crippen molar-refractivity contribution in [3.8, 4) is 0 Å². The van der Waals surface area contributed by atoms with Crippen molar-refractivity contribution in [3.63, 3.8) is 0 Å². The molecule has 2 aliphatic rings. The third-order valence-electron chi connectivity index (χ3n) is 4.38. The SMILES string of the molecule is CC1CCN(S(=O)(=O)N2CCC(C(=O)O)C2C)CC1. The Labute approximate surface area is 114 Å². The van der Waals surface area contributed by atoms with Crippen molar-refractivity contribution < 1.29 is 18.3 Å². The van der Waals surface area contributed by atoms with Crippen LogP contribution < -0.4 is 0 Å². The van der Waals surface area contributed by atoms with Crippen LogP contribution in [0.25, 0.3) is 0 Å². The van der Waals surface area contributed by atoms with Crippen LogP contribution in [0.15, 0.2) is 0 Å². The number of rotatable bonds is 3. The lowest BCUT2D eigenvalue weighted by Crippen LogP contribution is -2.49. The molecule has 1 N–H and O–H groups in total. The molecule has 0 aromatic carbocycles. The predicted octanol–water partition coefficient (Wildman–Crippen LogP) is 0.758. The summed E-state index contributed by atoms with van der Waals surface area (Å²) < 4.78 is 27.9. The van der Waals surface area contributed by atoms with Crippen molar-refractivity contribution in [2.75, 3.05) is 19.6 Å². The largest absolute Gasteiger partial charge is 0.481 e. The van der Waals surface area contributed by atoms with Crippen LogP contribution in [0.4, 0.5) is 0 Å². The highest BCUT2D eigenvalue weighted by Gasteiger charge is 2.44. The van der Waals surface area contributed by atoms with Gasteiger partial charge in [0.1, 0.15) is 0 Å². The third kappa shape index (κ3) is 2.78. The van der Waals surface area contributed by atoms with E-state index < -0.39 is 28.1 Å². The molecule has 0 aromatic rings. The monoisotopic (exact) mass is 290 g/mol. The number of nitrogens with zero attached hydrogens (tertiary/aromatic N) is 2. The summed E-state index contributed by atoms with van der Waals surface area (Å²) in [7, 11) is -3.50. The highest BCUT2D eigenvalue weighted by Crippen LogP contribution is 2.30. The van der Waals surface area contributed by atoms with E-state index >= 15 is 0 Å². The average Bonchev–Trinajstić information content (AvgIpc) is 2.72. The Morgan fingerprint density at radius 2 is 1.68 bits per heavy atom. The normalized spacial score (nSPS) is 31.7. The van der Waals surface area contributed by atoms with Crippen LogP contribution in [0.5, 0.6) is 0 Å². The number of carbonyl (C=O) groups is 1. The maximum atomic E-state index is 12.5. The molecule has 0 radical (unpaired) electrons. The second-order valence-electron chi connectivity index (χ2n) is 5.67. The number of piperidine rings is 1. The van der Waals surface area contributed by atoms with Crippen LogP contribution in [0, 0.1) is 11.8 Å². The van der Waals surface area contributed by atoms with E-state index in [0.29, 0.717) is 32.0 Å². The first-order valence-corrected chi connectivity index (χ1v) is 8.23. The van der Waals surface area contributed by atoms with Crippen LogP contribution in [0.2, 0.25) is 0 Å². The van der Waals surface area contributed by atoms with E-state index in [2.05, 4.69) is 6.92 Å². The molecular weight excluding hydrogens is 268 g/mol. The van der Waals surface area contributed by atoms with Gasteiger partial charge in [0.2, 0.25) is 0 Å². The first-order chi connectivity index (χ1) is 8.84. The molecule has 2 fully saturated rings. The number of aliphatic carboxylic acids is 1. The number of carboxylic acid groups (broad SMARTS) is 1. The van der Waals surface area contributed by atoms with Crippen LogP contribution in [-0.2, 0) is 15.0 Å². The Balaban J connectivity index is 2.10. The minimum absolute atomic E-state index is 0.312. The molecule has 2 aliphatic heterocycles. The second-order valence-corrected chi connectivity index (χ2v) is 7.56. The van der Waals surface area contributed by atoms with Crippen molar-refractivity contribution >= 4 is 16.2 Å². The zero-order valence-corrected chi connectivity index (χ0v) is 12.3. The van der Waals surface area contributed by atoms with Crippen LogP contribution in [-0.4, -0.2) is 53.8 Å². The first kappa shape index (κ1) is 14.7. The molecule has 6 nitrogen and oxygen atoms in total. The Hall–Kier alpha value is -0.660. The van der Waals surface area contributed by atoms with Gasteiger partial charge in [-0.25, -0.2) is 0 Å². The lowest BCUT2D eigenvalue weighted by molar-refractivity contribution is -0.142. The first-order valence-electron chi connectivity index (χ1n) is 6.83. The second kappa shape index (κ2) is 5.38. The van der Waals surface area contributed by atoms with Crippen LogP contribution in [0.1, 0.15) is 33.1 Å². The van der Waals surface area contributed by atoms with Gasteiger partial charge in [0.25, 0.3) is 10.2 Å². The summed E-state index contributed by atoms with van der Waals surface area (Å²) in [6.45, 7) is 5.22. The summed E-state index contributed by atoms with van der Waals surface area (Å²) in [5.74, 6) is -0.926. The van der Waals surface area contributed by atoms with Crippen LogP contribution >= 0.6 is 0 Å². The van der Waals surface area contributed by atoms with Gasteiger partial charge in [-0.1, -0.05) is 6.92 Å². The van der Waals surface area contributed by atoms with Crippen molar-refractivity contribution in [1.82, 2.24) is 8.61 Å². The fourth-order valence-electron chi connectivity index (χ4n) is 2.93. The molecule has 2 heterocycles. The summed E-state index contributed by atoms with van der Waals surface area (Å²) in [6, 6.07) is -0.457. The molecule has 0 amide bonds. The fourth-order valence-corrected chi connectivity index (χ4v) is 4.80. The molecule has 2 atom stereocenters. The van der Waals surface area contributed by atoms with Crippen molar-refractivity contribution in [1.29, 1.82) is 0 Å². The van der Waals surface area contributed by atoms with Crippen molar-refractivity contribution in [3.05, 3.63) is 0 Å². The van der Waals surface area contributed by atoms with Crippen LogP contribution in [0.3, 0.4) is 0 Å². The van der Waals surface area contributed by atoms with Gasteiger partial charge in [-0.2, -0.15) is 17.0 Å². The smallest absolute Gasteiger partial charge is 0.308 e. The van der Waals surface area contributed by atoms with Crippen molar-refractivity contribution in [2.45, 2.75) is 39.2 Å². The Bertz CT molecular complexity index is 443. The Kier molecular flexibility index (Phi) is 4.17. The number of carboxylic acids is 1. The van der Waals surface area contributed by atoms with Gasteiger partial charge in [-0.15, -0.1) is 0 Å². The van der Waals surface area contributed by atoms with E-state index in [1.165, 1.54) is 8.61 Å². The fraction of sp³-hybridized carbons (Fsp3) is 0.917. The lowest BCUT2D eigenvalue weighted by Gasteiger charge is -2.34. The maximum absolute atomic E-state index is 12.5. The number of hydrogen-bond donors (Lipinski definition) is 1. The van der Waals surface area contributed by atoms with Gasteiger partial charge in [0.15, 0.2) is 0 Å². The molecule has 0 saturated carbocycles. The minimum Gasteiger partial charge on any atom is -0.481 e. The van der Waals surface area contributed by atoms with E-state index in [4.69, 9.17) is 5.11 Å². The summed E-state index contributed by atoms with van der Waals surface area (Å²) in [6.07, 6.45) is 2.16. The molecule has 19 heavy (non-hydrogen) atoms. The van der Waals surface area contributed by atoms with Gasteiger partial charge in [-0.05, 0) is 32.1 Å². The van der Waals surface area contributed by atoms with Gasteiger partial charge in [0.05, 0.1) is 5.92 Å². The molecule has 2 saturated heterocycles. The third-order valence-corrected chi connectivity index (χ3v) is 6.51. The summed E-state index contributed by atoms with van der Waals surface area (Å²) in [4.78, 5) is 11.1. The minimum atomic E-state index is -3.50. The molecule has 7 heteroatoms. The Morgan fingerprint density at radius 1 is 1.11 bits per heavy atom. The van der Waals surface area contributed by atoms with Gasteiger partial charge in [0, 0.05) is 25.7 Å². The molecule has 0 aliphatic carbocycles. The Morgan fingerprint density at radius 3 is 2.16 bits per heavy atom. The van der Waals surface area contributed by atoms with Gasteiger partial charge >= 0.3 is 5.97 Å². The quantitative estimate of drug-likeness (QED) is 0.832. The standard InChI is InChI=1S/C12H22N2O4S/c1-9-3-6-13(7-4-9)19(17,18)14-8-5-11(10(14)2)12(15)16/h9-11H,3-8H2,1-2H3,(H,15,16). The van der Waals surface area contributed by atoms with Crippen molar-refractivity contribution in [2.24, 2.45) is 11.8 Å². The van der Waals surface area contributed by atoms with E-state index in [-0.39, 0.29) is 0 Å². The average molecular weight is 290 g/mol. The highest BCUT2D eigenvalue weighted by molar-refractivity contribution is 7.86. The van der Waals surface area contributed by atoms with E-state index in [1.807, 2.05) is 0 Å². The molecule has 0 spiro atoms. The van der Waals surface area contributed by atoms with Gasteiger partial charge in [-0.3, -0.25) is 4.79 Å². The van der Waals surface area contributed by atoms with E-state index in [1.54, 1.807) is 6.92 Å². The molecule has 0 aromatic heterocycles. The zero-order chi connectivity index (χ0) is 14.2. The zero-order valence-electron chi connectivity index (χ0n) is 11.4. The summed E-state index contributed by atoms with van der Waals surface area (Å²) in [5, 5.41) is 9.08. The molecule has 0 bridgehead atoms. The molecular formula is C12H22N2O4S. The molecule has 110 valence electrons. The maximum Gasteiger partial charge on any atom is 0.308 e. The molecule has 2 unspecified atom stereocenters. The van der Waals surface area contributed by atoms with Gasteiger partial charge < -0.3 is 5.11 Å². The molecule has 2 rings (SSSR count).